The molecular weight excluding hydrogens is 1330 g/mol. The number of ether oxygens (including phenoxy) is 4. The van der Waals surface area contributed by atoms with Gasteiger partial charge in [0.25, 0.3) is 0 Å². The molecule has 102 heavy (non-hydrogen) atoms. The molecule has 0 aliphatic rings. The largest absolute Gasteiger partial charge is 0.472 e. The van der Waals surface area contributed by atoms with Gasteiger partial charge in [0.05, 0.1) is 26.4 Å². The van der Waals surface area contributed by atoms with E-state index in [1.165, 1.54) is 270 Å². The standard InChI is InChI=1S/C83H162O17P2/c1-6-9-12-15-18-21-23-25-27-29-30-31-32-33-35-39-44-49-54-59-64-69-83(88)100-79(73-94-81(86)67-62-57-52-47-42-40-36-37-41-46-50-55-60-65-76(4)5)75-98-102(91,92)96-71-77(84)70-95-101(89,90)97-74-78(72-93-80(85)66-61-56-51-45-20-17-14-11-8-3)99-82(87)68-63-58-53-48-43-38-34-28-26-24-22-19-16-13-10-7-2/h76-79,84H,6-75H2,1-5H3,(H,89,90)(H,91,92)/t77-,78+,79+/m0/s1. The van der Waals surface area contributed by atoms with Gasteiger partial charge in [0.1, 0.15) is 19.3 Å². The highest BCUT2D eigenvalue weighted by Gasteiger charge is 2.30. The zero-order valence-electron chi connectivity index (χ0n) is 66.8. The SMILES string of the molecule is CCCCCCCCCCCCCCCCCCCCCCCC(=O)O[C@H](COC(=O)CCCCCCCCCCCCCCCC(C)C)COP(=O)(O)OC[C@@H](O)COP(=O)(O)OC[C@@H](COC(=O)CCCCCCCCCCC)OC(=O)CCCCCCCCCCCCCCCCCC. The fraction of sp³-hybridized carbons (Fsp3) is 0.952. The van der Waals surface area contributed by atoms with Crippen LogP contribution in [0, 0.1) is 5.92 Å². The van der Waals surface area contributed by atoms with Gasteiger partial charge in [-0.3, -0.25) is 37.3 Å². The van der Waals surface area contributed by atoms with Crippen LogP contribution in [-0.2, 0) is 65.4 Å². The van der Waals surface area contributed by atoms with Crippen LogP contribution in [0.1, 0.15) is 446 Å². The maximum Gasteiger partial charge on any atom is 0.472 e. The van der Waals surface area contributed by atoms with Crippen molar-refractivity contribution in [3.8, 4) is 0 Å². The second-order valence-corrected chi connectivity index (χ2v) is 33.3. The molecule has 0 rings (SSSR count). The first-order chi connectivity index (χ1) is 49.5. The second kappa shape index (κ2) is 75.9. The van der Waals surface area contributed by atoms with Gasteiger partial charge in [0.15, 0.2) is 12.2 Å². The van der Waals surface area contributed by atoms with E-state index in [9.17, 15) is 43.2 Å². The Morgan fingerprint density at radius 3 is 0.667 bits per heavy atom. The summed E-state index contributed by atoms with van der Waals surface area (Å²) in [6.45, 7) is 7.35. The summed E-state index contributed by atoms with van der Waals surface area (Å²) in [6.07, 6.45) is 68.0. The van der Waals surface area contributed by atoms with Crippen LogP contribution in [0.4, 0.5) is 0 Å². The minimum Gasteiger partial charge on any atom is -0.462 e. The van der Waals surface area contributed by atoms with Crippen molar-refractivity contribution in [3.05, 3.63) is 0 Å². The van der Waals surface area contributed by atoms with E-state index in [4.69, 9.17) is 37.0 Å². The number of unbranched alkanes of at least 4 members (excludes halogenated alkanes) is 55. The van der Waals surface area contributed by atoms with E-state index in [0.29, 0.717) is 25.7 Å². The maximum absolute atomic E-state index is 13.1. The molecule has 0 aliphatic heterocycles. The summed E-state index contributed by atoms with van der Waals surface area (Å²) in [5.74, 6) is -1.31. The highest BCUT2D eigenvalue weighted by molar-refractivity contribution is 7.47. The molecule has 0 saturated heterocycles. The minimum absolute atomic E-state index is 0.109. The molecule has 0 aromatic heterocycles. The average molecular weight is 1490 g/mol. The quantitative estimate of drug-likeness (QED) is 0.0222. The molecule has 606 valence electrons. The first kappa shape index (κ1) is 100. The Bertz CT molecular complexity index is 1940. The number of aliphatic hydroxyl groups is 1. The second-order valence-electron chi connectivity index (χ2n) is 30.3. The Labute approximate surface area is 626 Å². The van der Waals surface area contributed by atoms with Gasteiger partial charge in [-0.2, -0.15) is 0 Å². The lowest BCUT2D eigenvalue weighted by Crippen LogP contribution is -2.30. The molecule has 0 spiro atoms. The van der Waals surface area contributed by atoms with Crippen LogP contribution >= 0.6 is 15.6 Å². The number of aliphatic hydroxyl groups excluding tert-OH is 1. The fourth-order valence-corrected chi connectivity index (χ4v) is 14.5. The summed E-state index contributed by atoms with van der Waals surface area (Å²) in [5.41, 5.74) is 0. The third-order valence-electron chi connectivity index (χ3n) is 19.5. The van der Waals surface area contributed by atoms with Crippen molar-refractivity contribution in [1.29, 1.82) is 0 Å². The van der Waals surface area contributed by atoms with E-state index < -0.39 is 97.5 Å². The Morgan fingerprint density at radius 1 is 0.265 bits per heavy atom. The van der Waals surface area contributed by atoms with Gasteiger partial charge in [0, 0.05) is 25.7 Å². The molecule has 0 heterocycles. The van der Waals surface area contributed by atoms with Crippen LogP contribution in [0.2, 0.25) is 0 Å². The maximum atomic E-state index is 13.1. The minimum atomic E-state index is -4.96. The van der Waals surface area contributed by atoms with E-state index in [1.807, 2.05) is 0 Å². The number of hydrogen-bond acceptors (Lipinski definition) is 15. The third-order valence-corrected chi connectivity index (χ3v) is 21.4. The van der Waals surface area contributed by atoms with E-state index in [0.717, 1.165) is 95.8 Å². The molecule has 19 heteroatoms. The fourth-order valence-electron chi connectivity index (χ4n) is 12.9. The Hall–Kier alpha value is -1.94. The monoisotopic (exact) mass is 1490 g/mol. The number of rotatable bonds is 83. The van der Waals surface area contributed by atoms with Crippen LogP contribution in [0.15, 0.2) is 0 Å². The van der Waals surface area contributed by atoms with Crippen LogP contribution in [0.5, 0.6) is 0 Å². The molecule has 0 aliphatic carbocycles. The van der Waals surface area contributed by atoms with Crippen molar-refractivity contribution in [2.24, 2.45) is 5.92 Å². The lowest BCUT2D eigenvalue weighted by molar-refractivity contribution is -0.161. The van der Waals surface area contributed by atoms with Crippen molar-refractivity contribution in [2.75, 3.05) is 39.6 Å². The van der Waals surface area contributed by atoms with Crippen LogP contribution < -0.4 is 0 Å². The number of carbonyl (C=O) groups is 4. The zero-order valence-corrected chi connectivity index (χ0v) is 68.5. The predicted octanol–water partition coefficient (Wildman–Crippen LogP) is 25.2. The van der Waals surface area contributed by atoms with Crippen molar-refractivity contribution < 1.29 is 80.2 Å². The first-order valence-electron chi connectivity index (χ1n) is 43.1. The molecule has 5 atom stereocenters. The van der Waals surface area contributed by atoms with Crippen LogP contribution in [-0.4, -0.2) is 96.7 Å². The molecule has 0 bridgehead atoms. The summed E-state index contributed by atoms with van der Waals surface area (Å²) >= 11 is 0. The molecule has 17 nitrogen and oxygen atoms in total. The molecule has 2 unspecified atom stereocenters. The van der Waals surface area contributed by atoms with Crippen molar-refractivity contribution in [1.82, 2.24) is 0 Å². The van der Waals surface area contributed by atoms with Gasteiger partial charge in [-0.05, 0) is 31.6 Å². The molecule has 0 aromatic carbocycles. The number of phosphoric ester groups is 2. The molecule has 0 fully saturated rings. The lowest BCUT2D eigenvalue weighted by Gasteiger charge is -2.21. The molecule has 0 aromatic rings. The summed E-state index contributed by atoms with van der Waals surface area (Å²) in [7, 11) is -9.92. The highest BCUT2D eigenvalue weighted by atomic mass is 31.2. The van der Waals surface area contributed by atoms with Crippen LogP contribution in [0.25, 0.3) is 0 Å². The van der Waals surface area contributed by atoms with Gasteiger partial charge in [-0.1, -0.05) is 394 Å². The lowest BCUT2D eigenvalue weighted by atomic mass is 10.0. The summed E-state index contributed by atoms with van der Waals surface area (Å²) in [4.78, 5) is 73.0. The van der Waals surface area contributed by atoms with E-state index in [2.05, 4.69) is 34.6 Å². The number of esters is 4. The summed E-state index contributed by atoms with van der Waals surface area (Å²) in [5, 5.41) is 10.6. The van der Waals surface area contributed by atoms with Crippen molar-refractivity contribution in [2.45, 2.75) is 464 Å². The average Bonchev–Trinajstić information content (AvgIpc) is 0.921. The molecule has 3 N–H and O–H groups in total. The normalized spacial score (nSPS) is 13.8. The van der Waals surface area contributed by atoms with E-state index >= 15 is 0 Å². The van der Waals surface area contributed by atoms with Crippen molar-refractivity contribution in [3.63, 3.8) is 0 Å². The Kier molecular flexibility index (Phi) is 74.4. The first-order valence-corrected chi connectivity index (χ1v) is 46.1. The highest BCUT2D eigenvalue weighted by Crippen LogP contribution is 2.45. The van der Waals surface area contributed by atoms with Gasteiger partial charge in [0.2, 0.25) is 0 Å². The number of hydrogen-bond donors (Lipinski definition) is 3. The predicted molar refractivity (Wildman–Crippen MR) is 418 cm³/mol. The van der Waals surface area contributed by atoms with E-state index in [1.54, 1.807) is 0 Å². The Morgan fingerprint density at radius 2 is 0.451 bits per heavy atom. The van der Waals surface area contributed by atoms with Gasteiger partial charge in [-0.15, -0.1) is 0 Å². The topological polar surface area (TPSA) is 237 Å². The van der Waals surface area contributed by atoms with Crippen molar-refractivity contribution >= 4 is 39.5 Å². The summed E-state index contributed by atoms with van der Waals surface area (Å²) < 4.78 is 68.8. The molecular formula is C83H162O17P2. The van der Waals surface area contributed by atoms with E-state index in [-0.39, 0.29) is 25.7 Å². The molecule has 0 saturated carbocycles. The van der Waals surface area contributed by atoms with Gasteiger partial charge < -0.3 is 33.8 Å². The smallest absolute Gasteiger partial charge is 0.462 e. The zero-order chi connectivity index (χ0) is 74.8. The van der Waals surface area contributed by atoms with Gasteiger partial charge >= 0.3 is 39.5 Å². The summed E-state index contributed by atoms with van der Waals surface area (Å²) in [6, 6.07) is 0. The molecule has 0 amide bonds. The van der Waals surface area contributed by atoms with Crippen LogP contribution in [0.3, 0.4) is 0 Å². The molecule has 0 radical (unpaired) electrons. The number of carbonyl (C=O) groups excluding carboxylic acids is 4. The third kappa shape index (κ3) is 76.3. The van der Waals surface area contributed by atoms with Gasteiger partial charge in [-0.25, -0.2) is 9.13 Å². The number of phosphoric acid groups is 2. The Balaban J connectivity index is 5.20.